The van der Waals surface area contributed by atoms with Crippen molar-refractivity contribution in [3.63, 3.8) is 0 Å². The number of benzene rings is 1. The number of aliphatic hydroxyl groups excluding tert-OH is 1. The molecule has 0 aromatic heterocycles. The Bertz CT molecular complexity index is 514. The molecule has 1 aliphatic rings. The van der Waals surface area contributed by atoms with Crippen LogP contribution in [0.15, 0.2) is 24.3 Å². The summed E-state index contributed by atoms with van der Waals surface area (Å²) in [5, 5.41) is 13.3. The molecule has 1 amide bonds. The van der Waals surface area contributed by atoms with Crippen molar-refractivity contribution in [3.8, 4) is 0 Å². The maximum Gasteiger partial charge on any atom is 0.230 e. The molecule has 2 N–H and O–H groups in total. The molecule has 1 aliphatic carbocycles. The molecule has 5 heteroatoms. The van der Waals surface area contributed by atoms with E-state index in [2.05, 4.69) is 19.2 Å². The molecule has 1 aromatic rings. The van der Waals surface area contributed by atoms with E-state index in [0.29, 0.717) is 17.5 Å². The second-order valence-electron chi connectivity index (χ2n) is 6.39. The Kier molecular flexibility index (Phi) is 5.84. The number of aliphatic hydroxyl groups is 1. The van der Waals surface area contributed by atoms with Crippen LogP contribution in [0.3, 0.4) is 0 Å². The van der Waals surface area contributed by atoms with Gasteiger partial charge in [0.05, 0.1) is 18.1 Å². The van der Waals surface area contributed by atoms with Gasteiger partial charge >= 0.3 is 0 Å². The van der Waals surface area contributed by atoms with Crippen LogP contribution in [0.25, 0.3) is 0 Å². The van der Waals surface area contributed by atoms with Crippen LogP contribution in [-0.2, 0) is 14.9 Å². The number of nitrogens with one attached hydrogen (secondary N) is 1. The number of amides is 1. The standard InChI is InChI=1S/C17H24ClNO3/c1-12(2)10-22-11-15(20)9-19-16(21)17(6-7-17)13-4-3-5-14(18)8-13/h3-5,8,12,15,20H,6-7,9-11H2,1-2H3,(H,19,21). The van der Waals surface area contributed by atoms with Gasteiger partial charge in [-0.2, -0.15) is 0 Å². The van der Waals surface area contributed by atoms with Gasteiger partial charge in [-0.05, 0) is 36.5 Å². The zero-order valence-electron chi connectivity index (χ0n) is 13.1. The first-order valence-electron chi connectivity index (χ1n) is 7.74. The van der Waals surface area contributed by atoms with Crippen LogP contribution in [0, 0.1) is 5.92 Å². The molecule has 0 saturated heterocycles. The molecule has 1 saturated carbocycles. The van der Waals surface area contributed by atoms with Crippen LogP contribution in [0.5, 0.6) is 0 Å². The number of hydrogen-bond donors (Lipinski definition) is 2. The minimum Gasteiger partial charge on any atom is -0.389 e. The summed E-state index contributed by atoms with van der Waals surface area (Å²) >= 11 is 6.01. The highest BCUT2D eigenvalue weighted by molar-refractivity contribution is 6.30. The fourth-order valence-corrected chi connectivity index (χ4v) is 2.63. The first-order chi connectivity index (χ1) is 10.4. The van der Waals surface area contributed by atoms with Gasteiger partial charge < -0.3 is 15.2 Å². The molecule has 0 bridgehead atoms. The second-order valence-corrected chi connectivity index (χ2v) is 6.82. The van der Waals surface area contributed by atoms with E-state index in [0.717, 1.165) is 18.4 Å². The first kappa shape index (κ1) is 17.3. The number of halogens is 1. The normalized spacial score (nSPS) is 17.3. The van der Waals surface area contributed by atoms with E-state index in [-0.39, 0.29) is 19.1 Å². The summed E-state index contributed by atoms with van der Waals surface area (Å²) in [6.45, 7) is 5.16. The maximum atomic E-state index is 12.4. The Labute approximate surface area is 136 Å². The third-order valence-corrected chi connectivity index (χ3v) is 4.06. The van der Waals surface area contributed by atoms with E-state index in [4.69, 9.17) is 16.3 Å². The molecule has 1 atom stereocenters. The number of hydrogen-bond acceptors (Lipinski definition) is 3. The molecule has 0 heterocycles. The monoisotopic (exact) mass is 325 g/mol. The van der Waals surface area contributed by atoms with Crippen LogP contribution < -0.4 is 5.32 Å². The maximum absolute atomic E-state index is 12.4. The van der Waals surface area contributed by atoms with Crippen molar-refractivity contribution in [2.45, 2.75) is 38.2 Å². The van der Waals surface area contributed by atoms with Gasteiger partial charge in [0.1, 0.15) is 0 Å². The minimum atomic E-state index is -0.683. The van der Waals surface area contributed by atoms with E-state index < -0.39 is 11.5 Å². The van der Waals surface area contributed by atoms with Gasteiger partial charge in [0.25, 0.3) is 0 Å². The zero-order chi connectivity index (χ0) is 16.2. The van der Waals surface area contributed by atoms with Crippen LogP contribution >= 0.6 is 11.6 Å². The van der Waals surface area contributed by atoms with Crippen molar-refractivity contribution in [2.24, 2.45) is 5.92 Å². The summed E-state index contributed by atoms with van der Waals surface area (Å²) < 4.78 is 5.37. The number of ether oxygens (including phenoxy) is 1. The molecule has 2 rings (SSSR count). The molecule has 1 unspecified atom stereocenters. The van der Waals surface area contributed by atoms with Crippen molar-refractivity contribution in [1.82, 2.24) is 5.32 Å². The lowest BCUT2D eigenvalue weighted by atomic mass is 9.95. The van der Waals surface area contributed by atoms with Crippen molar-refractivity contribution < 1.29 is 14.6 Å². The van der Waals surface area contributed by atoms with Gasteiger partial charge in [-0.15, -0.1) is 0 Å². The molecule has 1 aromatic carbocycles. The van der Waals surface area contributed by atoms with Crippen molar-refractivity contribution in [2.75, 3.05) is 19.8 Å². The third kappa shape index (κ3) is 4.45. The number of carbonyl (C=O) groups is 1. The second kappa shape index (κ2) is 7.44. The highest BCUT2D eigenvalue weighted by Gasteiger charge is 2.51. The predicted octanol–water partition coefficient (Wildman–Crippen LogP) is 2.52. The summed E-state index contributed by atoms with van der Waals surface area (Å²) in [7, 11) is 0. The number of carbonyl (C=O) groups excluding carboxylic acids is 1. The van der Waals surface area contributed by atoms with Gasteiger partial charge in [0.15, 0.2) is 0 Å². The van der Waals surface area contributed by atoms with Crippen molar-refractivity contribution in [1.29, 1.82) is 0 Å². The predicted molar refractivity (Wildman–Crippen MR) is 87.0 cm³/mol. The van der Waals surface area contributed by atoms with Crippen LogP contribution in [0.1, 0.15) is 32.3 Å². The summed E-state index contributed by atoms with van der Waals surface area (Å²) in [6, 6.07) is 7.44. The lowest BCUT2D eigenvalue weighted by molar-refractivity contribution is -0.124. The van der Waals surface area contributed by atoms with Crippen LogP contribution in [-0.4, -0.2) is 36.9 Å². The van der Waals surface area contributed by atoms with Crippen LogP contribution in [0.4, 0.5) is 0 Å². The van der Waals surface area contributed by atoms with E-state index in [9.17, 15) is 9.90 Å². The molecule has 0 aliphatic heterocycles. The van der Waals surface area contributed by atoms with E-state index >= 15 is 0 Å². The molecule has 122 valence electrons. The first-order valence-corrected chi connectivity index (χ1v) is 8.12. The van der Waals surface area contributed by atoms with E-state index in [1.54, 1.807) is 6.07 Å². The Morgan fingerprint density at radius 3 is 2.73 bits per heavy atom. The van der Waals surface area contributed by atoms with E-state index in [1.807, 2.05) is 18.2 Å². The van der Waals surface area contributed by atoms with Crippen molar-refractivity contribution >= 4 is 17.5 Å². The van der Waals surface area contributed by atoms with Crippen molar-refractivity contribution in [3.05, 3.63) is 34.9 Å². The largest absolute Gasteiger partial charge is 0.389 e. The minimum absolute atomic E-state index is 0.0438. The smallest absolute Gasteiger partial charge is 0.230 e. The Hall–Kier alpha value is -1.10. The Morgan fingerprint density at radius 2 is 2.14 bits per heavy atom. The molecule has 0 radical (unpaired) electrons. The van der Waals surface area contributed by atoms with Gasteiger partial charge in [-0.3, -0.25) is 4.79 Å². The van der Waals surface area contributed by atoms with Gasteiger partial charge in [0.2, 0.25) is 5.91 Å². The van der Waals surface area contributed by atoms with Gasteiger partial charge in [0, 0.05) is 18.2 Å². The summed E-state index contributed by atoms with van der Waals surface area (Å²) in [4.78, 5) is 12.4. The van der Waals surface area contributed by atoms with Gasteiger partial charge in [-0.1, -0.05) is 37.6 Å². The SMILES string of the molecule is CC(C)COCC(O)CNC(=O)C1(c2cccc(Cl)c2)CC1. The number of rotatable bonds is 8. The van der Waals surface area contributed by atoms with E-state index in [1.165, 1.54) is 0 Å². The lowest BCUT2D eigenvalue weighted by Crippen LogP contribution is -2.40. The Morgan fingerprint density at radius 1 is 1.41 bits per heavy atom. The lowest BCUT2D eigenvalue weighted by Gasteiger charge is -2.18. The van der Waals surface area contributed by atoms with Gasteiger partial charge in [-0.25, -0.2) is 0 Å². The molecule has 22 heavy (non-hydrogen) atoms. The fraction of sp³-hybridized carbons (Fsp3) is 0.588. The Balaban J connectivity index is 1.82. The molecule has 0 spiro atoms. The average Bonchev–Trinajstić information content (AvgIpc) is 3.26. The molecule has 1 fully saturated rings. The summed E-state index contributed by atoms with van der Waals surface area (Å²) in [5.74, 6) is 0.386. The molecular formula is C17H24ClNO3. The zero-order valence-corrected chi connectivity index (χ0v) is 13.9. The summed E-state index contributed by atoms with van der Waals surface area (Å²) in [6.07, 6.45) is 0.955. The highest BCUT2D eigenvalue weighted by atomic mass is 35.5. The molecule has 4 nitrogen and oxygen atoms in total. The molecular weight excluding hydrogens is 302 g/mol. The third-order valence-electron chi connectivity index (χ3n) is 3.82. The topological polar surface area (TPSA) is 58.6 Å². The average molecular weight is 326 g/mol. The summed E-state index contributed by atoms with van der Waals surface area (Å²) in [5.41, 5.74) is 0.478. The van der Waals surface area contributed by atoms with Crippen LogP contribution in [0.2, 0.25) is 5.02 Å². The quantitative estimate of drug-likeness (QED) is 0.772. The fourth-order valence-electron chi connectivity index (χ4n) is 2.44. The highest BCUT2D eigenvalue weighted by Crippen LogP contribution is 2.48.